The van der Waals surface area contributed by atoms with Crippen LogP contribution in [0, 0.1) is 6.92 Å². The van der Waals surface area contributed by atoms with Gasteiger partial charge in [0.2, 0.25) is 5.95 Å². The molecule has 0 spiro atoms. The molecule has 2 heterocycles. The van der Waals surface area contributed by atoms with Crippen LogP contribution in [0.4, 0.5) is 23.1 Å². The molecule has 27 heavy (non-hydrogen) atoms. The summed E-state index contributed by atoms with van der Waals surface area (Å²) in [6.07, 6.45) is 1.20. The van der Waals surface area contributed by atoms with Gasteiger partial charge in [0.15, 0.2) is 0 Å². The molecule has 138 valence electrons. The van der Waals surface area contributed by atoms with Crippen LogP contribution in [0.5, 0.6) is 5.75 Å². The van der Waals surface area contributed by atoms with Crippen LogP contribution in [0.2, 0.25) is 0 Å². The number of aromatic nitrogens is 2. The van der Waals surface area contributed by atoms with Crippen molar-refractivity contribution in [2.45, 2.75) is 33.3 Å². The van der Waals surface area contributed by atoms with Crippen LogP contribution in [-0.4, -0.2) is 22.6 Å². The second kappa shape index (κ2) is 7.27. The number of nitrogens with zero attached hydrogens (tertiary/aromatic N) is 3. The van der Waals surface area contributed by atoms with Gasteiger partial charge in [0.25, 0.3) is 0 Å². The summed E-state index contributed by atoms with van der Waals surface area (Å²) < 4.78 is 5.69. The quantitative estimate of drug-likeness (QED) is 0.693. The molecule has 5 nitrogen and oxygen atoms in total. The molecule has 5 heteroatoms. The van der Waals surface area contributed by atoms with E-state index in [0.29, 0.717) is 5.95 Å². The number of hydrogen-bond donors (Lipinski definition) is 1. The highest BCUT2D eigenvalue weighted by Crippen LogP contribution is 2.34. The highest BCUT2D eigenvalue weighted by molar-refractivity contribution is 5.68. The summed E-state index contributed by atoms with van der Waals surface area (Å²) >= 11 is 0. The van der Waals surface area contributed by atoms with Crippen LogP contribution >= 0.6 is 0 Å². The number of aryl methyl sites for hydroxylation is 1. The number of anilines is 4. The van der Waals surface area contributed by atoms with Crippen LogP contribution in [0.3, 0.4) is 0 Å². The van der Waals surface area contributed by atoms with Crippen molar-refractivity contribution < 1.29 is 4.74 Å². The summed E-state index contributed by atoms with van der Waals surface area (Å²) in [6.45, 7) is 6.98. The van der Waals surface area contributed by atoms with E-state index in [1.165, 1.54) is 11.3 Å². The Balaban J connectivity index is 1.56. The molecule has 4 rings (SSSR count). The molecule has 0 unspecified atom stereocenters. The smallest absolute Gasteiger partial charge is 0.229 e. The summed E-state index contributed by atoms with van der Waals surface area (Å²) in [5.41, 5.74) is 4.47. The largest absolute Gasteiger partial charge is 0.491 e. The number of ether oxygens (including phenoxy) is 1. The van der Waals surface area contributed by atoms with Gasteiger partial charge in [-0.05, 0) is 63.1 Å². The molecule has 0 fully saturated rings. The van der Waals surface area contributed by atoms with Crippen molar-refractivity contribution in [1.29, 1.82) is 0 Å². The van der Waals surface area contributed by atoms with E-state index in [1.54, 1.807) is 0 Å². The second-order valence-electron chi connectivity index (χ2n) is 7.04. The average molecular weight is 360 g/mol. The molecule has 1 aromatic heterocycles. The molecule has 0 saturated carbocycles. The lowest BCUT2D eigenvalue weighted by atomic mass is 10.2. The van der Waals surface area contributed by atoms with Crippen molar-refractivity contribution in [3.8, 4) is 5.75 Å². The molecule has 1 aliphatic rings. The first-order valence-corrected chi connectivity index (χ1v) is 9.33. The lowest BCUT2D eigenvalue weighted by Gasteiger charge is -2.19. The fourth-order valence-corrected chi connectivity index (χ4v) is 3.34. The fourth-order valence-electron chi connectivity index (χ4n) is 3.34. The Kier molecular flexibility index (Phi) is 4.67. The lowest BCUT2D eigenvalue weighted by Crippen LogP contribution is -2.16. The van der Waals surface area contributed by atoms with Gasteiger partial charge in [-0.2, -0.15) is 4.98 Å². The first kappa shape index (κ1) is 17.3. The molecule has 0 bridgehead atoms. The van der Waals surface area contributed by atoms with Crippen molar-refractivity contribution in [2.24, 2.45) is 0 Å². The molecule has 0 amide bonds. The van der Waals surface area contributed by atoms with Gasteiger partial charge < -0.3 is 15.0 Å². The number of rotatable bonds is 5. The number of fused-ring (bicyclic) bond motifs is 1. The summed E-state index contributed by atoms with van der Waals surface area (Å²) in [6, 6.07) is 18.4. The monoisotopic (exact) mass is 360 g/mol. The average Bonchev–Trinajstić information content (AvgIpc) is 3.07. The zero-order valence-corrected chi connectivity index (χ0v) is 15.9. The van der Waals surface area contributed by atoms with Gasteiger partial charge >= 0.3 is 0 Å². The summed E-state index contributed by atoms with van der Waals surface area (Å²) in [5, 5.41) is 3.31. The Morgan fingerprint density at radius 3 is 2.59 bits per heavy atom. The van der Waals surface area contributed by atoms with Crippen molar-refractivity contribution in [3.63, 3.8) is 0 Å². The van der Waals surface area contributed by atoms with Gasteiger partial charge in [-0.1, -0.05) is 18.2 Å². The maximum absolute atomic E-state index is 5.69. The van der Waals surface area contributed by atoms with Crippen molar-refractivity contribution in [2.75, 3.05) is 16.8 Å². The van der Waals surface area contributed by atoms with E-state index in [1.807, 2.05) is 51.1 Å². The molecule has 2 aromatic carbocycles. The van der Waals surface area contributed by atoms with Gasteiger partial charge in [-0.25, -0.2) is 4.98 Å². The molecular formula is C22H24N4O. The molecule has 0 aliphatic carbocycles. The molecule has 0 radical (unpaired) electrons. The van der Waals surface area contributed by atoms with Gasteiger partial charge in [-0.15, -0.1) is 0 Å². The van der Waals surface area contributed by atoms with Crippen LogP contribution in [0.1, 0.15) is 25.1 Å². The molecule has 0 saturated heterocycles. The third-order valence-corrected chi connectivity index (χ3v) is 4.49. The van der Waals surface area contributed by atoms with E-state index >= 15 is 0 Å². The van der Waals surface area contributed by atoms with E-state index < -0.39 is 0 Å². The lowest BCUT2D eigenvalue weighted by molar-refractivity contribution is 0.242. The number of hydrogen-bond acceptors (Lipinski definition) is 5. The van der Waals surface area contributed by atoms with E-state index in [4.69, 9.17) is 9.72 Å². The molecule has 3 aromatic rings. The van der Waals surface area contributed by atoms with E-state index in [0.717, 1.165) is 35.9 Å². The highest BCUT2D eigenvalue weighted by atomic mass is 16.5. The van der Waals surface area contributed by atoms with E-state index in [-0.39, 0.29) is 6.10 Å². The summed E-state index contributed by atoms with van der Waals surface area (Å²) in [7, 11) is 0. The third-order valence-electron chi connectivity index (χ3n) is 4.49. The maximum Gasteiger partial charge on any atom is 0.229 e. The summed E-state index contributed by atoms with van der Waals surface area (Å²) in [4.78, 5) is 11.6. The van der Waals surface area contributed by atoms with Gasteiger partial charge in [0, 0.05) is 29.7 Å². The minimum absolute atomic E-state index is 0.162. The second-order valence-corrected chi connectivity index (χ2v) is 7.04. The number of para-hydroxylation sites is 1. The predicted octanol–water partition coefficient (Wildman–Crippen LogP) is 5.01. The minimum atomic E-state index is 0.162. The fraction of sp³-hybridized carbons (Fsp3) is 0.273. The Morgan fingerprint density at radius 1 is 1.04 bits per heavy atom. The number of benzene rings is 2. The van der Waals surface area contributed by atoms with Gasteiger partial charge in [0.1, 0.15) is 11.6 Å². The first-order chi connectivity index (χ1) is 13.1. The Morgan fingerprint density at radius 2 is 1.81 bits per heavy atom. The molecular weight excluding hydrogens is 336 g/mol. The van der Waals surface area contributed by atoms with Crippen molar-refractivity contribution in [3.05, 3.63) is 65.9 Å². The standard InChI is InChI=1S/C22H24N4O/c1-15(2)27-19-10-8-18(9-11-19)24-22-23-16(3)14-21(25-22)26-13-12-17-6-4-5-7-20(17)26/h4-11,14-15H,12-13H2,1-3H3,(H,23,24,25). The SMILES string of the molecule is Cc1cc(N2CCc3ccccc32)nc(Nc2ccc(OC(C)C)cc2)n1. The topological polar surface area (TPSA) is 50.3 Å². The van der Waals surface area contributed by atoms with Gasteiger partial charge in [-0.3, -0.25) is 0 Å². The normalized spacial score (nSPS) is 13.0. The van der Waals surface area contributed by atoms with Crippen molar-refractivity contribution in [1.82, 2.24) is 9.97 Å². The van der Waals surface area contributed by atoms with E-state index in [2.05, 4.69) is 39.5 Å². The van der Waals surface area contributed by atoms with Crippen LogP contribution in [-0.2, 0) is 6.42 Å². The Bertz CT molecular complexity index is 937. The Hall–Kier alpha value is -3.08. The summed E-state index contributed by atoms with van der Waals surface area (Å²) in [5.74, 6) is 2.39. The number of nitrogens with one attached hydrogen (secondary N) is 1. The zero-order chi connectivity index (χ0) is 18.8. The predicted molar refractivity (Wildman–Crippen MR) is 109 cm³/mol. The molecule has 0 atom stereocenters. The third kappa shape index (κ3) is 3.87. The molecule has 1 N–H and O–H groups in total. The maximum atomic E-state index is 5.69. The highest BCUT2D eigenvalue weighted by Gasteiger charge is 2.21. The zero-order valence-electron chi connectivity index (χ0n) is 15.9. The van der Waals surface area contributed by atoms with Crippen LogP contribution in [0.15, 0.2) is 54.6 Å². The Labute approximate surface area is 160 Å². The van der Waals surface area contributed by atoms with Gasteiger partial charge in [0.05, 0.1) is 6.10 Å². The van der Waals surface area contributed by atoms with Crippen molar-refractivity contribution >= 4 is 23.1 Å². The van der Waals surface area contributed by atoms with Crippen LogP contribution in [0.25, 0.3) is 0 Å². The minimum Gasteiger partial charge on any atom is -0.491 e. The first-order valence-electron chi connectivity index (χ1n) is 9.33. The van der Waals surface area contributed by atoms with E-state index in [9.17, 15) is 0 Å². The molecule has 1 aliphatic heterocycles. The van der Waals surface area contributed by atoms with Crippen LogP contribution < -0.4 is 15.0 Å².